The number of carbonyl (C=O) groups is 2. The van der Waals surface area contributed by atoms with E-state index < -0.39 is 6.04 Å². The second-order valence-corrected chi connectivity index (χ2v) is 4.40. The summed E-state index contributed by atoms with van der Waals surface area (Å²) in [7, 11) is 1.49. The van der Waals surface area contributed by atoms with Gasteiger partial charge in [-0.2, -0.15) is 0 Å². The zero-order chi connectivity index (χ0) is 11.7. The minimum atomic E-state index is -0.476. The van der Waals surface area contributed by atoms with Crippen molar-refractivity contribution >= 4 is 33.4 Å². The number of likely N-dealkylation sites (tertiary alicyclic amines) is 1. The SMILES string of the molecule is CN1C(=O)CC(Nc2ccncc2Br)C1=O. The summed E-state index contributed by atoms with van der Waals surface area (Å²) in [6.07, 6.45) is 3.45. The Balaban J connectivity index is 2.15. The molecule has 5 nitrogen and oxygen atoms in total. The number of likely N-dealkylation sites (N-methyl/N-ethyl adjacent to an activating group) is 1. The molecule has 2 heterocycles. The zero-order valence-electron chi connectivity index (χ0n) is 8.61. The molecule has 1 aliphatic rings. The maximum atomic E-state index is 11.6. The molecule has 0 aromatic carbocycles. The van der Waals surface area contributed by atoms with Gasteiger partial charge in [0.1, 0.15) is 6.04 Å². The Morgan fingerprint density at radius 1 is 1.56 bits per heavy atom. The Kier molecular flexibility index (Phi) is 2.91. The lowest BCUT2D eigenvalue weighted by molar-refractivity contribution is -0.136. The molecule has 1 aliphatic heterocycles. The van der Waals surface area contributed by atoms with E-state index in [9.17, 15) is 9.59 Å². The molecule has 1 N–H and O–H groups in total. The van der Waals surface area contributed by atoms with Crippen LogP contribution >= 0.6 is 15.9 Å². The largest absolute Gasteiger partial charge is 0.372 e. The third-order valence-corrected chi connectivity index (χ3v) is 3.12. The summed E-state index contributed by atoms with van der Waals surface area (Å²) >= 11 is 3.32. The quantitative estimate of drug-likeness (QED) is 0.823. The number of rotatable bonds is 2. The van der Waals surface area contributed by atoms with Crippen molar-refractivity contribution in [3.8, 4) is 0 Å². The third-order valence-electron chi connectivity index (χ3n) is 2.48. The summed E-state index contributed by atoms with van der Waals surface area (Å²) in [5, 5.41) is 3.02. The second kappa shape index (κ2) is 4.21. The van der Waals surface area contributed by atoms with Gasteiger partial charge in [-0.25, -0.2) is 0 Å². The highest BCUT2D eigenvalue weighted by atomic mass is 79.9. The molecule has 2 amide bonds. The van der Waals surface area contributed by atoms with Crippen molar-refractivity contribution in [2.24, 2.45) is 0 Å². The summed E-state index contributed by atoms with van der Waals surface area (Å²) in [5.41, 5.74) is 0.761. The molecule has 16 heavy (non-hydrogen) atoms. The molecule has 0 aliphatic carbocycles. The van der Waals surface area contributed by atoms with Gasteiger partial charge in [0.05, 0.1) is 16.6 Å². The predicted octanol–water partition coefficient (Wildman–Crippen LogP) is 1.01. The number of halogens is 1. The minimum Gasteiger partial charge on any atom is -0.372 e. The Labute approximate surface area is 101 Å². The third kappa shape index (κ3) is 1.92. The first-order valence-electron chi connectivity index (χ1n) is 4.76. The number of anilines is 1. The average Bonchev–Trinajstić information content (AvgIpc) is 2.50. The molecule has 0 saturated carbocycles. The van der Waals surface area contributed by atoms with Gasteiger partial charge >= 0.3 is 0 Å². The van der Waals surface area contributed by atoms with Gasteiger partial charge in [0, 0.05) is 19.4 Å². The number of amides is 2. The van der Waals surface area contributed by atoms with Crippen LogP contribution in [0.25, 0.3) is 0 Å². The smallest absolute Gasteiger partial charge is 0.251 e. The van der Waals surface area contributed by atoms with Crippen molar-refractivity contribution in [3.63, 3.8) is 0 Å². The molecule has 1 fully saturated rings. The highest BCUT2D eigenvalue weighted by Gasteiger charge is 2.36. The van der Waals surface area contributed by atoms with Crippen molar-refractivity contribution < 1.29 is 9.59 Å². The van der Waals surface area contributed by atoms with E-state index in [0.717, 1.165) is 15.1 Å². The number of carbonyl (C=O) groups excluding carboxylic acids is 2. The van der Waals surface area contributed by atoms with Crippen molar-refractivity contribution in [1.82, 2.24) is 9.88 Å². The summed E-state index contributed by atoms with van der Waals surface area (Å²) in [6.45, 7) is 0. The molecule has 1 aromatic rings. The molecule has 1 atom stereocenters. The second-order valence-electron chi connectivity index (χ2n) is 3.55. The van der Waals surface area contributed by atoms with Gasteiger partial charge in [0.2, 0.25) is 5.91 Å². The standard InChI is InChI=1S/C10H10BrN3O2/c1-14-9(15)4-8(10(14)16)13-7-2-3-12-5-6(7)11/h2-3,5,8H,4H2,1H3,(H,12,13). The van der Waals surface area contributed by atoms with Crippen LogP contribution in [0, 0.1) is 0 Å². The van der Waals surface area contributed by atoms with Crippen LogP contribution in [-0.4, -0.2) is 34.8 Å². The Bertz CT molecular complexity index is 449. The molecular weight excluding hydrogens is 274 g/mol. The molecule has 1 unspecified atom stereocenters. The molecule has 0 spiro atoms. The van der Waals surface area contributed by atoms with Crippen molar-refractivity contribution in [2.75, 3.05) is 12.4 Å². The van der Waals surface area contributed by atoms with Crippen LogP contribution in [0.5, 0.6) is 0 Å². The fourth-order valence-electron chi connectivity index (χ4n) is 1.55. The van der Waals surface area contributed by atoms with Crippen LogP contribution in [0.1, 0.15) is 6.42 Å². The van der Waals surface area contributed by atoms with E-state index in [2.05, 4.69) is 26.2 Å². The fraction of sp³-hybridized carbons (Fsp3) is 0.300. The molecule has 84 valence electrons. The van der Waals surface area contributed by atoms with E-state index in [0.29, 0.717) is 0 Å². The van der Waals surface area contributed by atoms with Gasteiger partial charge in [0.15, 0.2) is 0 Å². The van der Waals surface area contributed by atoms with Crippen LogP contribution in [0.15, 0.2) is 22.9 Å². The van der Waals surface area contributed by atoms with Crippen molar-refractivity contribution in [1.29, 1.82) is 0 Å². The van der Waals surface area contributed by atoms with Crippen LogP contribution in [0.3, 0.4) is 0 Å². The first-order valence-corrected chi connectivity index (χ1v) is 5.55. The number of nitrogens with one attached hydrogen (secondary N) is 1. The Hall–Kier alpha value is -1.43. The highest BCUT2D eigenvalue weighted by Crippen LogP contribution is 2.23. The Morgan fingerprint density at radius 3 is 2.88 bits per heavy atom. The van der Waals surface area contributed by atoms with Crippen LogP contribution in [0.2, 0.25) is 0 Å². The molecule has 6 heteroatoms. The predicted molar refractivity (Wildman–Crippen MR) is 61.7 cm³/mol. The number of imide groups is 1. The number of hydrogen-bond acceptors (Lipinski definition) is 4. The lowest BCUT2D eigenvalue weighted by atomic mass is 10.2. The summed E-state index contributed by atoms with van der Waals surface area (Å²) in [5.74, 6) is -0.360. The summed E-state index contributed by atoms with van der Waals surface area (Å²) in [4.78, 5) is 28.0. The van der Waals surface area contributed by atoms with Crippen molar-refractivity contribution in [3.05, 3.63) is 22.9 Å². The fourth-order valence-corrected chi connectivity index (χ4v) is 1.91. The molecular formula is C10H10BrN3O2. The first kappa shape index (κ1) is 11.1. The average molecular weight is 284 g/mol. The van der Waals surface area contributed by atoms with E-state index in [-0.39, 0.29) is 18.2 Å². The minimum absolute atomic E-state index is 0.160. The monoisotopic (exact) mass is 283 g/mol. The number of nitrogens with zero attached hydrogens (tertiary/aromatic N) is 2. The van der Waals surface area contributed by atoms with Gasteiger partial charge in [-0.05, 0) is 22.0 Å². The number of hydrogen-bond donors (Lipinski definition) is 1. The van der Waals surface area contributed by atoms with Gasteiger partial charge in [0.25, 0.3) is 5.91 Å². The summed E-state index contributed by atoms with van der Waals surface area (Å²) < 4.78 is 0.768. The van der Waals surface area contributed by atoms with E-state index in [4.69, 9.17) is 0 Å². The summed E-state index contributed by atoms with van der Waals surface area (Å²) in [6, 6.07) is 1.27. The highest BCUT2D eigenvalue weighted by molar-refractivity contribution is 9.10. The van der Waals surface area contributed by atoms with E-state index in [1.807, 2.05) is 0 Å². The number of pyridine rings is 1. The lowest BCUT2D eigenvalue weighted by Crippen LogP contribution is -2.31. The first-order chi connectivity index (χ1) is 7.59. The normalized spacial score (nSPS) is 20.4. The molecule has 1 aromatic heterocycles. The van der Waals surface area contributed by atoms with Crippen LogP contribution in [-0.2, 0) is 9.59 Å². The lowest BCUT2D eigenvalue weighted by Gasteiger charge is -2.13. The van der Waals surface area contributed by atoms with Gasteiger partial charge in [-0.1, -0.05) is 0 Å². The van der Waals surface area contributed by atoms with E-state index in [1.165, 1.54) is 7.05 Å². The van der Waals surface area contributed by atoms with Gasteiger partial charge < -0.3 is 5.32 Å². The maximum absolute atomic E-state index is 11.6. The van der Waals surface area contributed by atoms with E-state index >= 15 is 0 Å². The van der Waals surface area contributed by atoms with E-state index in [1.54, 1.807) is 18.5 Å². The van der Waals surface area contributed by atoms with Crippen molar-refractivity contribution in [2.45, 2.75) is 12.5 Å². The molecule has 0 bridgehead atoms. The number of aromatic nitrogens is 1. The van der Waals surface area contributed by atoms with Crippen LogP contribution < -0.4 is 5.32 Å². The molecule has 2 rings (SSSR count). The van der Waals surface area contributed by atoms with Gasteiger partial charge in [-0.3, -0.25) is 19.5 Å². The topological polar surface area (TPSA) is 62.3 Å². The molecule has 1 saturated heterocycles. The Morgan fingerprint density at radius 2 is 2.31 bits per heavy atom. The zero-order valence-corrected chi connectivity index (χ0v) is 10.2. The van der Waals surface area contributed by atoms with Crippen LogP contribution in [0.4, 0.5) is 5.69 Å². The van der Waals surface area contributed by atoms with Gasteiger partial charge in [-0.15, -0.1) is 0 Å². The maximum Gasteiger partial charge on any atom is 0.251 e. The molecule has 0 radical (unpaired) electrons.